The van der Waals surface area contributed by atoms with Crippen LogP contribution in [0.25, 0.3) is 0 Å². The first-order valence-corrected chi connectivity index (χ1v) is 12.5. The van der Waals surface area contributed by atoms with E-state index in [1.54, 1.807) is 6.07 Å². The number of aliphatic hydroxyl groups is 1. The molecule has 2 N–H and O–H groups in total. The minimum Gasteiger partial charge on any atom is -0.386 e. The molecule has 1 amide bonds. The molecule has 178 valence electrons. The lowest BCUT2D eigenvalue weighted by Gasteiger charge is -2.47. The first kappa shape index (κ1) is 24.5. The molecule has 8 heteroatoms. The van der Waals surface area contributed by atoms with Gasteiger partial charge in [-0.2, -0.15) is 0 Å². The van der Waals surface area contributed by atoms with E-state index >= 15 is 0 Å². The molecule has 0 radical (unpaired) electrons. The van der Waals surface area contributed by atoms with Crippen molar-refractivity contribution in [3.63, 3.8) is 0 Å². The summed E-state index contributed by atoms with van der Waals surface area (Å²) in [5.41, 5.74) is -0.916. The molecule has 0 bridgehead atoms. The summed E-state index contributed by atoms with van der Waals surface area (Å²) >= 11 is 1.97. The SMILES string of the molecule is O=C(c1ccc(F)c(F)c1Cc1ccc(I)cc1F)N1CC(O)(CCCC2CCNCC2)C1. The second-order valence-corrected chi connectivity index (χ2v) is 10.5. The van der Waals surface area contributed by atoms with Crippen molar-refractivity contribution in [1.82, 2.24) is 10.2 Å². The van der Waals surface area contributed by atoms with Crippen molar-refractivity contribution in [2.45, 2.75) is 44.1 Å². The van der Waals surface area contributed by atoms with Crippen LogP contribution in [-0.4, -0.2) is 47.7 Å². The quantitative estimate of drug-likeness (QED) is 0.475. The number of piperidine rings is 1. The van der Waals surface area contributed by atoms with E-state index in [-0.39, 0.29) is 36.2 Å². The van der Waals surface area contributed by atoms with E-state index in [1.165, 1.54) is 23.1 Å². The van der Waals surface area contributed by atoms with E-state index in [0.29, 0.717) is 15.9 Å². The molecule has 0 spiro atoms. The maximum atomic E-state index is 14.7. The summed E-state index contributed by atoms with van der Waals surface area (Å²) in [6.07, 6.45) is 4.64. The smallest absolute Gasteiger partial charge is 0.254 e. The number of rotatable bonds is 7. The molecular formula is C25H28F3IN2O2. The van der Waals surface area contributed by atoms with Crippen molar-refractivity contribution in [3.8, 4) is 0 Å². The third kappa shape index (κ3) is 5.71. The Hall–Kier alpha value is -1.65. The first-order valence-electron chi connectivity index (χ1n) is 11.4. The van der Waals surface area contributed by atoms with Crippen LogP contribution in [0.1, 0.15) is 53.6 Å². The van der Waals surface area contributed by atoms with Gasteiger partial charge in [-0.15, -0.1) is 0 Å². The van der Waals surface area contributed by atoms with Gasteiger partial charge in [-0.3, -0.25) is 4.79 Å². The molecule has 4 nitrogen and oxygen atoms in total. The minimum atomic E-state index is -1.14. The highest BCUT2D eigenvalue weighted by Crippen LogP contribution is 2.32. The van der Waals surface area contributed by atoms with Gasteiger partial charge < -0.3 is 15.3 Å². The molecule has 0 aliphatic carbocycles. The summed E-state index contributed by atoms with van der Waals surface area (Å²) in [4.78, 5) is 14.5. The van der Waals surface area contributed by atoms with E-state index in [0.717, 1.165) is 44.8 Å². The molecule has 0 saturated carbocycles. The number of carbonyl (C=O) groups excluding carboxylic acids is 1. The van der Waals surface area contributed by atoms with Gasteiger partial charge in [0.2, 0.25) is 0 Å². The topological polar surface area (TPSA) is 52.6 Å². The van der Waals surface area contributed by atoms with Crippen LogP contribution in [0.2, 0.25) is 0 Å². The van der Waals surface area contributed by atoms with Crippen LogP contribution in [0.5, 0.6) is 0 Å². The number of hydrogen-bond acceptors (Lipinski definition) is 3. The fourth-order valence-electron chi connectivity index (χ4n) is 4.85. The van der Waals surface area contributed by atoms with Crippen molar-refractivity contribution in [1.29, 1.82) is 0 Å². The summed E-state index contributed by atoms with van der Waals surface area (Å²) < 4.78 is 43.7. The van der Waals surface area contributed by atoms with Gasteiger partial charge in [0.1, 0.15) is 5.82 Å². The summed E-state index contributed by atoms with van der Waals surface area (Å²) in [7, 11) is 0. The lowest BCUT2D eigenvalue weighted by Crippen LogP contribution is -2.63. The number of β-amino-alcohol motifs (C(OH)–C–C–N with tert-alkyl or cyclic N) is 1. The normalized spacial score (nSPS) is 18.3. The molecule has 2 aliphatic rings. The molecule has 2 fully saturated rings. The Bertz CT molecular complexity index is 1020. The third-order valence-electron chi connectivity index (χ3n) is 6.78. The Morgan fingerprint density at radius 3 is 2.55 bits per heavy atom. The van der Waals surface area contributed by atoms with Gasteiger partial charge in [0.25, 0.3) is 5.91 Å². The molecule has 2 aromatic rings. The Balaban J connectivity index is 1.41. The van der Waals surface area contributed by atoms with Crippen LogP contribution in [0.3, 0.4) is 0 Å². The fourth-order valence-corrected chi connectivity index (χ4v) is 5.30. The van der Waals surface area contributed by atoms with E-state index in [2.05, 4.69) is 5.32 Å². The van der Waals surface area contributed by atoms with Crippen molar-refractivity contribution in [2.24, 2.45) is 5.92 Å². The third-order valence-corrected chi connectivity index (χ3v) is 7.45. The van der Waals surface area contributed by atoms with Crippen LogP contribution in [0.4, 0.5) is 13.2 Å². The molecule has 4 rings (SSSR count). The lowest BCUT2D eigenvalue weighted by atomic mass is 9.84. The number of amides is 1. The van der Waals surface area contributed by atoms with Gasteiger partial charge in [-0.05, 0) is 90.7 Å². The average molecular weight is 572 g/mol. The molecule has 0 atom stereocenters. The molecule has 2 aromatic carbocycles. The second-order valence-electron chi connectivity index (χ2n) is 9.27. The van der Waals surface area contributed by atoms with Gasteiger partial charge >= 0.3 is 0 Å². The Morgan fingerprint density at radius 2 is 1.85 bits per heavy atom. The van der Waals surface area contributed by atoms with Crippen molar-refractivity contribution in [2.75, 3.05) is 26.2 Å². The predicted octanol–water partition coefficient (Wildman–Crippen LogP) is 4.66. The largest absolute Gasteiger partial charge is 0.386 e. The molecule has 0 aromatic heterocycles. The Labute approximate surface area is 205 Å². The molecular weight excluding hydrogens is 544 g/mol. The zero-order chi connectivity index (χ0) is 23.6. The molecule has 33 heavy (non-hydrogen) atoms. The van der Waals surface area contributed by atoms with Crippen LogP contribution in [0, 0.1) is 26.9 Å². The standard InChI is InChI=1S/C25H28F3IN2O2/c26-21-6-5-19(20(23(21)28)12-17-3-4-18(29)13-22(17)27)24(32)31-14-25(33,15-31)9-1-2-16-7-10-30-11-8-16/h3-6,13,16,30,33H,1-2,7-12,14-15H2. The van der Waals surface area contributed by atoms with Crippen molar-refractivity contribution < 1.29 is 23.1 Å². The average Bonchev–Trinajstić information content (AvgIpc) is 2.77. The summed E-state index contributed by atoms with van der Waals surface area (Å²) in [5, 5.41) is 14.1. The Morgan fingerprint density at radius 1 is 1.12 bits per heavy atom. The second kappa shape index (κ2) is 10.3. The number of benzene rings is 2. The number of hydrogen-bond donors (Lipinski definition) is 2. The van der Waals surface area contributed by atoms with Gasteiger partial charge in [0.15, 0.2) is 11.6 Å². The fraction of sp³-hybridized carbons (Fsp3) is 0.480. The highest BCUT2D eigenvalue weighted by Gasteiger charge is 2.44. The molecule has 2 heterocycles. The number of nitrogens with zero attached hydrogens (tertiary/aromatic N) is 1. The van der Waals surface area contributed by atoms with Crippen LogP contribution in [-0.2, 0) is 6.42 Å². The van der Waals surface area contributed by atoms with Gasteiger partial charge in [0.05, 0.1) is 18.7 Å². The number of nitrogens with one attached hydrogen (secondary N) is 1. The van der Waals surface area contributed by atoms with Gasteiger partial charge in [-0.1, -0.05) is 18.9 Å². The highest BCUT2D eigenvalue weighted by molar-refractivity contribution is 14.1. The van der Waals surface area contributed by atoms with Gasteiger partial charge in [-0.25, -0.2) is 13.2 Å². The van der Waals surface area contributed by atoms with Crippen LogP contribution >= 0.6 is 22.6 Å². The summed E-state index contributed by atoms with van der Waals surface area (Å²) in [6, 6.07) is 6.67. The van der Waals surface area contributed by atoms with Crippen LogP contribution < -0.4 is 5.32 Å². The zero-order valence-corrected chi connectivity index (χ0v) is 20.5. The summed E-state index contributed by atoms with van der Waals surface area (Å²) in [6.45, 7) is 2.41. The Kier molecular flexibility index (Phi) is 7.65. The first-order chi connectivity index (χ1) is 15.8. The monoisotopic (exact) mass is 572 g/mol. The van der Waals surface area contributed by atoms with Gasteiger partial charge in [0, 0.05) is 21.1 Å². The zero-order valence-electron chi connectivity index (χ0n) is 18.3. The summed E-state index contributed by atoms with van der Waals surface area (Å²) in [5.74, 6) is -2.55. The maximum absolute atomic E-state index is 14.7. The number of carbonyl (C=O) groups is 1. The highest BCUT2D eigenvalue weighted by atomic mass is 127. The predicted molar refractivity (Wildman–Crippen MR) is 129 cm³/mol. The van der Waals surface area contributed by atoms with E-state index in [9.17, 15) is 23.1 Å². The lowest BCUT2D eigenvalue weighted by molar-refractivity contribution is -0.0874. The minimum absolute atomic E-state index is 0.00334. The molecule has 0 unspecified atom stereocenters. The molecule has 2 saturated heterocycles. The number of likely N-dealkylation sites (tertiary alicyclic amines) is 1. The van der Waals surface area contributed by atoms with E-state index in [1.807, 2.05) is 22.6 Å². The van der Waals surface area contributed by atoms with Crippen molar-refractivity contribution in [3.05, 3.63) is 68.0 Å². The van der Waals surface area contributed by atoms with E-state index in [4.69, 9.17) is 0 Å². The van der Waals surface area contributed by atoms with E-state index < -0.39 is 29.0 Å². The molecule has 2 aliphatic heterocycles. The van der Waals surface area contributed by atoms with Crippen LogP contribution in [0.15, 0.2) is 30.3 Å². The maximum Gasteiger partial charge on any atom is 0.254 e. The number of halogens is 4. The van der Waals surface area contributed by atoms with Crippen molar-refractivity contribution >= 4 is 28.5 Å².